The maximum Gasteiger partial charge on any atom is 0.243 e. The molecule has 1 fully saturated rings. The monoisotopic (exact) mass is 389 g/mol. The number of hydrogen-bond acceptors (Lipinski definition) is 4. The zero-order valence-electron chi connectivity index (χ0n) is 15.2. The van der Waals surface area contributed by atoms with E-state index < -0.39 is 15.9 Å². The van der Waals surface area contributed by atoms with E-state index in [1.807, 2.05) is 24.3 Å². The minimum absolute atomic E-state index is 0.144. The second kappa shape index (κ2) is 7.66. The number of piperidine rings is 1. The third-order valence-corrected chi connectivity index (χ3v) is 6.76. The molecular weight excluding hydrogens is 366 g/mol. The maximum absolute atomic E-state index is 12.8. The molecule has 0 bridgehead atoms. The van der Waals surface area contributed by atoms with Crippen molar-refractivity contribution in [2.45, 2.75) is 17.7 Å². The van der Waals surface area contributed by atoms with Crippen LogP contribution in [0.5, 0.6) is 0 Å². The molecule has 0 spiro atoms. The number of likely N-dealkylation sites (tertiary alicyclic amines) is 1. The average molecular weight is 389 g/mol. The van der Waals surface area contributed by atoms with Crippen molar-refractivity contribution in [2.75, 3.05) is 26.7 Å². The van der Waals surface area contributed by atoms with E-state index in [2.05, 4.69) is 0 Å². The van der Waals surface area contributed by atoms with Crippen molar-refractivity contribution in [3.63, 3.8) is 0 Å². The van der Waals surface area contributed by atoms with E-state index in [-0.39, 0.29) is 29.8 Å². The zero-order chi connectivity index (χ0) is 19.6. The first-order chi connectivity index (χ1) is 12.8. The van der Waals surface area contributed by atoms with Crippen LogP contribution in [-0.4, -0.2) is 56.1 Å². The molecule has 2 N–H and O–H groups in total. The fraction of sp³-hybridized carbons (Fsp3) is 0.368. The van der Waals surface area contributed by atoms with Gasteiger partial charge in [0.05, 0.1) is 17.4 Å². The predicted octanol–water partition coefficient (Wildman–Crippen LogP) is 1.18. The highest BCUT2D eigenvalue weighted by atomic mass is 32.2. The fourth-order valence-corrected chi connectivity index (χ4v) is 4.48. The van der Waals surface area contributed by atoms with Crippen LogP contribution in [0.2, 0.25) is 0 Å². The Bertz CT molecular complexity index is 974. The number of carbonyl (C=O) groups is 2. The van der Waals surface area contributed by atoms with Gasteiger partial charge < -0.3 is 10.6 Å². The highest BCUT2D eigenvalue weighted by molar-refractivity contribution is 7.89. The van der Waals surface area contributed by atoms with Crippen molar-refractivity contribution in [3.8, 4) is 0 Å². The Kier molecular flexibility index (Phi) is 5.48. The molecule has 3 rings (SSSR count). The van der Waals surface area contributed by atoms with Crippen molar-refractivity contribution in [3.05, 3.63) is 42.5 Å². The summed E-state index contributed by atoms with van der Waals surface area (Å²) in [5.74, 6) is -1.12. The summed E-state index contributed by atoms with van der Waals surface area (Å²) >= 11 is 0. The van der Waals surface area contributed by atoms with Crippen LogP contribution in [0.4, 0.5) is 0 Å². The summed E-state index contributed by atoms with van der Waals surface area (Å²) in [6.45, 7) is 0.477. The number of rotatable bonds is 5. The number of likely N-dealkylation sites (N-methyl/N-ethyl adjacent to an activating group) is 1. The topological polar surface area (TPSA) is 101 Å². The van der Waals surface area contributed by atoms with E-state index in [1.165, 1.54) is 11.9 Å². The molecule has 27 heavy (non-hydrogen) atoms. The molecule has 0 aromatic heterocycles. The first kappa shape index (κ1) is 19.3. The van der Waals surface area contributed by atoms with Crippen molar-refractivity contribution < 1.29 is 18.0 Å². The van der Waals surface area contributed by atoms with E-state index >= 15 is 0 Å². The van der Waals surface area contributed by atoms with Gasteiger partial charge in [-0.15, -0.1) is 0 Å². The maximum atomic E-state index is 12.8. The summed E-state index contributed by atoms with van der Waals surface area (Å²) in [6.07, 6.45) is 1.34. The fourth-order valence-electron chi connectivity index (χ4n) is 3.32. The molecule has 0 aliphatic carbocycles. The molecule has 0 unspecified atom stereocenters. The molecule has 1 atom stereocenters. The van der Waals surface area contributed by atoms with E-state index in [9.17, 15) is 18.0 Å². The number of benzene rings is 2. The quantitative estimate of drug-likeness (QED) is 0.830. The number of carbonyl (C=O) groups excluding carboxylic acids is 2. The molecule has 0 radical (unpaired) electrons. The van der Waals surface area contributed by atoms with Gasteiger partial charge in [-0.1, -0.05) is 30.3 Å². The summed E-state index contributed by atoms with van der Waals surface area (Å²) in [5, 5.41) is 1.76. The molecule has 2 aromatic rings. The van der Waals surface area contributed by atoms with Crippen molar-refractivity contribution in [2.24, 2.45) is 11.7 Å². The predicted molar refractivity (Wildman–Crippen MR) is 102 cm³/mol. The van der Waals surface area contributed by atoms with E-state index in [0.29, 0.717) is 19.4 Å². The number of fused-ring (bicyclic) bond motifs is 1. The third-order valence-electron chi connectivity index (χ3n) is 4.96. The zero-order valence-corrected chi connectivity index (χ0v) is 16.0. The molecule has 1 aliphatic heterocycles. The second-order valence-corrected chi connectivity index (χ2v) is 8.90. The van der Waals surface area contributed by atoms with E-state index in [0.717, 1.165) is 15.1 Å². The molecule has 7 nitrogen and oxygen atoms in total. The largest absolute Gasteiger partial charge is 0.369 e. The molecule has 1 saturated heterocycles. The van der Waals surface area contributed by atoms with Crippen LogP contribution < -0.4 is 5.73 Å². The summed E-state index contributed by atoms with van der Waals surface area (Å²) in [5.41, 5.74) is 5.34. The molecule has 2 aromatic carbocycles. The van der Waals surface area contributed by atoms with Crippen LogP contribution in [0.3, 0.4) is 0 Å². The van der Waals surface area contributed by atoms with Crippen LogP contribution in [0.15, 0.2) is 47.4 Å². The van der Waals surface area contributed by atoms with Crippen LogP contribution >= 0.6 is 0 Å². The molecule has 1 heterocycles. The Morgan fingerprint density at radius 1 is 1.19 bits per heavy atom. The molecule has 0 saturated carbocycles. The van der Waals surface area contributed by atoms with Crippen LogP contribution in [-0.2, 0) is 19.6 Å². The normalized spacial score (nSPS) is 18.0. The van der Waals surface area contributed by atoms with Gasteiger partial charge in [0.1, 0.15) is 0 Å². The number of primary amides is 1. The van der Waals surface area contributed by atoms with Crippen LogP contribution in [0, 0.1) is 5.92 Å². The Morgan fingerprint density at radius 2 is 1.89 bits per heavy atom. The number of hydrogen-bond donors (Lipinski definition) is 1. The summed E-state index contributed by atoms with van der Waals surface area (Å²) in [7, 11) is -2.41. The lowest BCUT2D eigenvalue weighted by atomic mass is 9.97. The lowest BCUT2D eigenvalue weighted by Crippen LogP contribution is -2.47. The van der Waals surface area contributed by atoms with Gasteiger partial charge >= 0.3 is 0 Å². The molecule has 2 amide bonds. The number of sulfonamides is 1. The van der Waals surface area contributed by atoms with Gasteiger partial charge in [-0.3, -0.25) is 9.59 Å². The second-order valence-electron chi connectivity index (χ2n) is 6.85. The molecular formula is C19H23N3O4S. The van der Waals surface area contributed by atoms with Gasteiger partial charge in [-0.2, -0.15) is 4.31 Å². The van der Waals surface area contributed by atoms with E-state index in [1.54, 1.807) is 18.2 Å². The Labute approximate surface area is 158 Å². The van der Waals surface area contributed by atoms with Crippen molar-refractivity contribution in [1.29, 1.82) is 0 Å². The van der Waals surface area contributed by atoms with Gasteiger partial charge in [-0.25, -0.2) is 8.42 Å². The molecule has 1 aliphatic rings. The number of amides is 2. The SMILES string of the molecule is CN(CC(=O)N1CCC[C@H](C(N)=O)C1)S(=O)(=O)c1ccc2ccccc2c1. The Balaban J connectivity index is 1.74. The summed E-state index contributed by atoms with van der Waals surface area (Å²) < 4.78 is 26.7. The Morgan fingerprint density at radius 3 is 2.59 bits per heavy atom. The van der Waals surface area contributed by atoms with Gasteiger partial charge in [0.2, 0.25) is 21.8 Å². The first-order valence-corrected chi connectivity index (χ1v) is 10.3. The highest BCUT2D eigenvalue weighted by Gasteiger charge is 2.30. The first-order valence-electron chi connectivity index (χ1n) is 8.81. The van der Waals surface area contributed by atoms with Crippen LogP contribution in [0.1, 0.15) is 12.8 Å². The Hall–Kier alpha value is -2.45. The van der Waals surface area contributed by atoms with Crippen LogP contribution in [0.25, 0.3) is 10.8 Å². The molecule has 8 heteroatoms. The standard InChI is InChI=1S/C19H23N3O4S/c1-21(13-18(23)22-10-4-7-16(12-22)19(20)24)27(25,26)17-9-8-14-5-2-3-6-15(14)11-17/h2-3,5-6,8-9,11,16H,4,7,10,12-13H2,1H3,(H2,20,24)/t16-/m0/s1. The number of nitrogens with zero attached hydrogens (tertiary/aromatic N) is 2. The van der Waals surface area contributed by atoms with Gasteiger partial charge in [0, 0.05) is 20.1 Å². The van der Waals surface area contributed by atoms with Gasteiger partial charge in [0.25, 0.3) is 0 Å². The average Bonchev–Trinajstić information content (AvgIpc) is 2.67. The highest BCUT2D eigenvalue weighted by Crippen LogP contribution is 2.22. The third kappa shape index (κ3) is 4.12. The van der Waals surface area contributed by atoms with Crippen molar-refractivity contribution >= 4 is 32.6 Å². The van der Waals surface area contributed by atoms with Gasteiger partial charge in [-0.05, 0) is 35.7 Å². The smallest absolute Gasteiger partial charge is 0.243 e. The lowest BCUT2D eigenvalue weighted by molar-refractivity contribution is -0.134. The summed E-state index contributed by atoms with van der Waals surface area (Å²) in [4.78, 5) is 25.6. The lowest BCUT2D eigenvalue weighted by Gasteiger charge is -2.32. The minimum atomic E-state index is -3.80. The van der Waals surface area contributed by atoms with Gasteiger partial charge in [0.15, 0.2) is 0 Å². The van der Waals surface area contributed by atoms with Crippen molar-refractivity contribution in [1.82, 2.24) is 9.21 Å². The summed E-state index contributed by atoms with van der Waals surface area (Å²) in [6, 6.07) is 12.4. The van der Waals surface area contributed by atoms with E-state index in [4.69, 9.17) is 5.73 Å². The minimum Gasteiger partial charge on any atom is -0.369 e. The number of nitrogens with two attached hydrogens (primary N) is 1. The molecule has 144 valence electrons.